The Kier molecular flexibility index (Phi) is 2.86. The summed E-state index contributed by atoms with van der Waals surface area (Å²) in [4.78, 5) is 33.1. The van der Waals surface area contributed by atoms with Crippen LogP contribution in [0.25, 0.3) is 6.08 Å². The third-order valence-electron chi connectivity index (χ3n) is 3.07. The molecule has 0 saturated carbocycles. The number of nitrogens with one attached hydrogen (secondary N) is 2. The molecule has 1 aromatic heterocycles. The van der Waals surface area contributed by atoms with E-state index >= 15 is 0 Å². The SMILES string of the molecule is O=C1NC(=O)/C(=C\c2ccnc(N3CCCC3)n2)N1. The van der Waals surface area contributed by atoms with Crippen LogP contribution in [0.5, 0.6) is 0 Å². The fourth-order valence-corrected chi connectivity index (χ4v) is 2.14. The number of carbonyl (C=O) groups excluding carboxylic acids is 2. The van der Waals surface area contributed by atoms with Gasteiger partial charge in [0.15, 0.2) is 0 Å². The maximum absolute atomic E-state index is 11.4. The normalized spacial score (nSPS) is 20.8. The topological polar surface area (TPSA) is 87.2 Å². The minimum absolute atomic E-state index is 0.205. The van der Waals surface area contributed by atoms with Crippen molar-refractivity contribution in [1.82, 2.24) is 20.6 Å². The first-order chi connectivity index (χ1) is 9.22. The van der Waals surface area contributed by atoms with Crippen LogP contribution in [0.3, 0.4) is 0 Å². The molecule has 3 heterocycles. The van der Waals surface area contributed by atoms with Gasteiger partial charge in [0.05, 0.1) is 5.69 Å². The van der Waals surface area contributed by atoms with E-state index in [0.29, 0.717) is 11.6 Å². The average Bonchev–Trinajstić information content (AvgIpc) is 3.01. The first-order valence-corrected chi connectivity index (χ1v) is 6.14. The number of anilines is 1. The molecule has 0 spiro atoms. The quantitative estimate of drug-likeness (QED) is 0.587. The van der Waals surface area contributed by atoms with Gasteiger partial charge in [-0.25, -0.2) is 14.8 Å². The Morgan fingerprint density at radius 3 is 2.68 bits per heavy atom. The second-order valence-electron chi connectivity index (χ2n) is 4.44. The van der Waals surface area contributed by atoms with E-state index < -0.39 is 11.9 Å². The first-order valence-electron chi connectivity index (χ1n) is 6.14. The van der Waals surface area contributed by atoms with E-state index in [0.717, 1.165) is 25.9 Å². The molecule has 2 aliphatic heterocycles. The zero-order valence-corrected chi connectivity index (χ0v) is 10.2. The van der Waals surface area contributed by atoms with Crippen LogP contribution in [0.4, 0.5) is 10.7 Å². The Hall–Kier alpha value is -2.44. The highest BCUT2D eigenvalue weighted by Crippen LogP contribution is 2.16. The lowest BCUT2D eigenvalue weighted by atomic mass is 10.3. The number of aromatic nitrogens is 2. The van der Waals surface area contributed by atoms with E-state index in [-0.39, 0.29) is 5.70 Å². The fourth-order valence-electron chi connectivity index (χ4n) is 2.14. The molecule has 2 N–H and O–H groups in total. The van der Waals surface area contributed by atoms with E-state index in [1.165, 1.54) is 0 Å². The second kappa shape index (κ2) is 4.68. The summed E-state index contributed by atoms with van der Waals surface area (Å²) in [6.07, 6.45) is 5.49. The Morgan fingerprint density at radius 2 is 2.00 bits per heavy atom. The zero-order valence-electron chi connectivity index (χ0n) is 10.2. The summed E-state index contributed by atoms with van der Waals surface area (Å²) in [5.41, 5.74) is 0.806. The highest BCUT2D eigenvalue weighted by atomic mass is 16.2. The zero-order chi connectivity index (χ0) is 13.2. The lowest BCUT2D eigenvalue weighted by molar-refractivity contribution is -0.115. The summed E-state index contributed by atoms with van der Waals surface area (Å²) in [7, 11) is 0. The summed E-state index contributed by atoms with van der Waals surface area (Å²) < 4.78 is 0. The number of imide groups is 1. The summed E-state index contributed by atoms with van der Waals surface area (Å²) in [5.74, 6) is 0.225. The van der Waals surface area contributed by atoms with Crippen molar-refractivity contribution in [3.63, 3.8) is 0 Å². The summed E-state index contributed by atoms with van der Waals surface area (Å²) >= 11 is 0. The van der Waals surface area contributed by atoms with Crippen LogP contribution in [0.1, 0.15) is 18.5 Å². The van der Waals surface area contributed by atoms with Gasteiger partial charge in [-0.15, -0.1) is 0 Å². The molecular formula is C12H13N5O2. The van der Waals surface area contributed by atoms with Gasteiger partial charge in [0, 0.05) is 19.3 Å². The molecule has 0 radical (unpaired) electrons. The minimum Gasteiger partial charge on any atom is -0.341 e. The largest absolute Gasteiger partial charge is 0.341 e. The van der Waals surface area contributed by atoms with Gasteiger partial charge in [0.1, 0.15) is 5.70 Å². The molecule has 0 unspecified atom stereocenters. The molecule has 19 heavy (non-hydrogen) atoms. The molecule has 98 valence electrons. The lowest BCUT2D eigenvalue weighted by Crippen LogP contribution is -2.22. The molecule has 2 fully saturated rings. The molecular weight excluding hydrogens is 246 g/mol. The highest BCUT2D eigenvalue weighted by Gasteiger charge is 2.23. The van der Waals surface area contributed by atoms with Gasteiger partial charge in [0.25, 0.3) is 5.91 Å². The van der Waals surface area contributed by atoms with Crippen molar-refractivity contribution in [2.75, 3.05) is 18.0 Å². The van der Waals surface area contributed by atoms with Gasteiger partial charge in [0.2, 0.25) is 5.95 Å². The summed E-state index contributed by atoms with van der Waals surface area (Å²) in [6.45, 7) is 1.91. The third-order valence-corrected chi connectivity index (χ3v) is 3.07. The number of amides is 3. The Labute approximate surface area is 109 Å². The Morgan fingerprint density at radius 1 is 1.21 bits per heavy atom. The van der Waals surface area contributed by atoms with E-state index in [4.69, 9.17) is 0 Å². The standard InChI is InChI=1S/C12H13N5O2/c18-10-9(15-12(19)16-10)7-8-3-4-13-11(14-8)17-5-1-2-6-17/h3-4,7H,1-2,5-6H2,(H2,15,16,18,19)/b9-7+. The molecule has 2 aliphatic rings. The molecule has 1 aromatic rings. The van der Waals surface area contributed by atoms with E-state index in [1.807, 2.05) is 0 Å². The molecule has 3 amide bonds. The van der Waals surface area contributed by atoms with Gasteiger partial charge in [-0.1, -0.05) is 0 Å². The van der Waals surface area contributed by atoms with Crippen LogP contribution in [0, 0.1) is 0 Å². The summed E-state index contributed by atoms with van der Waals surface area (Å²) in [6, 6.07) is 1.19. The number of hydrogen-bond acceptors (Lipinski definition) is 5. The van der Waals surface area contributed by atoms with Crippen molar-refractivity contribution in [3.05, 3.63) is 23.7 Å². The van der Waals surface area contributed by atoms with Crippen LogP contribution in [0.15, 0.2) is 18.0 Å². The number of carbonyl (C=O) groups is 2. The van der Waals surface area contributed by atoms with Crippen LogP contribution in [-0.2, 0) is 4.79 Å². The molecule has 0 atom stereocenters. The number of rotatable bonds is 2. The molecule has 0 aliphatic carbocycles. The molecule has 3 rings (SSSR count). The van der Waals surface area contributed by atoms with Gasteiger partial charge in [-0.3, -0.25) is 10.1 Å². The minimum atomic E-state index is -0.509. The van der Waals surface area contributed by atoms with Gasteiger partial charge in [-0.05, 0) is 25.0 Å². The van der Waals surface area contributed by atoms with Crippen molar-refractivity contribution >= 4 is 24.0 Å². The molecule has 2 saturated heterocycles. The van der Waals surface area contributed by atoms with Gasteiger partial charge >= 0.3 is 6.03 Å². The molecule has 7 heteroatoms. The van der Waals surface area contributed by atoms with Gasteiger partial charge < -0.3 is 10.2 Å². The predicted molar refractivity (Wildman–Crippen MR) is 68.1 cm³/mol. The number of hydrogen-bond donors (Lipinski definition) is 2. The van der Waals surface area contributed by atoms with Crippen molar-refractivity contribution in [2.45, 2.75) is 12.8 Å². The number of nitrogens with zero attached hydrogens (tertiary/aromatic N) is 3. The number of urea groups is 1. The van der Waals surface area contributed by atoms with Crippen LogP contribution in [0.2, 0.25) is 0 Å². The van der Waals surface area contributed by atoms with Crippen LogP contribution < -0.4 is 15.5 Å². The smallest absolute Gasteiger partial charge is 0.326 e. The van der Waals surface area contributed by atoms with E-state index in [9.17, 15) is 9.59 Å². The Bertz CT molecular complexity index is 563. The van der Waals surface area contributed by atoms with Crippen molar-refractivity contribution < 1.29 is 9.59 Å². The lowest BCUT2D eigenvalue weighted by Gasteiger charge is -2.14. The van der Waals surface area contributed by atoms with E-state index in [2.05, 4.69) is 25.5 Å². The first kappa shape index (κ1) is 11.6. The average molecular weight is 259 g/mol. The van der Waals surface area contributed by atoms with Crippen molar-refractivity contribution in [1.29, 1.82) is 0 Å². The monoisotopic (exact) mass is 259 g/mol. The van der Waals surface area contributed by atoms with E-state index in [1.54, 1.807) is 18.3 Å². The van der Waals surface area contributed by atoms with Gasteiger partial charge in [-0.2, -0.15) is 0 Å². The predicted octanol–water partition coefficient (Wildman–Crippen LogP) is 0.257. The molecule has 7 nitrogen and oxygen atoms in total. The van der Waals surface area contributed by atoms with Crippen LogP contribution in [-0.4, -0.2) is 35.0 Å². The maximum Gasteiger partial charge on any atom is 0.326 e. The second-order valence-corrected chi connectivity index (χ2v) is 4.44. The molecule has 0 aromatic carbocycles. The van der Waals surface area contributed by atoms with Crippen LogP contribution >= 0.6 is 0 Å². The van der Waals surface area contributed by atoms with Crippen molar-refractivity contribution in [2.24, 2.45) is 0 Å². The maximum atomic E-state index is 11.4. The Balaban J connectivity index is 1.85. The fraction of sp³-hybridized carbons (Fsp3) is 0.333. The highest BCUT2D eigenvalue weighted by molar-refractivity contribution is 6.13. The summed E-state index contributed by atoms with van der Waals surface area (Å²) in [5, 5.41) is 4.57. The van der Waals surface area contributed by atoms with Crippen molar-refractivity contribution in [3.8, 4) is 0 Å². The third kappa shape index (κ3) is 2.40. The molecule has 0 bridgehead atoms.